The van der Waals surface area contributed by atoms with E-state index in [0.29, 0.717) is 5.56 Å². The summed E-state index contributed by atoms with van der Waals surface area (Å²) in [5.41, 5.74) is 1.63. The van der Waals surface area contributed by atoms with Gasteiger partial charge in [-0.15, -0.1) is 11.8 Å². The highest BCUT2D eigenvalue weighted by Crippen LogP contribution is 2.45. The fraction of sp³-hybridized carbons (Fsp3) is 0.0370. The molecule has 0 radical (unpaired) electrons. The Hall–Kier alpha value is -3.63. The normalized spacial score (nSPS) is 14.6. The Labute approximate surface area is 184 Å². The topological polar surface area (TPSA) is 54.4 Å². The maximum absolute atomic E-state index is 13.1. The number of hydrogen-bond acceptors (Lipinski definition) is 4. The quantitative estimate of drug-likeness (QED) is 0.305. The lowest BCUT2D eigenvalue weighted by atomic mass is 9.85. The summed E-state index contributed by atoms with van der Waals surface area (Å²) in [7, 11) is 0. The van der Waals surface area contributed by atoms with E-state index in [1.54, 1.807) is 24.3 Å². The van der Waals surface area contributed by atoms with E-state index in [9.17, 15) is 14.7 Å². The number of carbonyl (C=O) groups excluding carboxylic acids is 2. The third-order valence-electron chi connectivity index (χ3n) is 5.47. The number of ketones is 2. The summed E-state index contributed by atoms with van der Waals surface area (Å²) in [4.78, 5) is 26.9. The Bertz CT molecular complexity index is 1360. The van der Waals surface area contributed by atoms with Crippen LogP contribution in [0.2, 0.25) is 0 Å². The van der Waals surface area contributed by atoms with E-state index < -0.39 is 16.8 Å². The number of fused-ring (bicyclic) bond motifs is 2. The molecule has 4 aromatic rings. The SMILES string of the molecule is O=C1C(=O)c2ccccc2C(O)=C1C(Sc1ccc2ccccc2c1)c1ccccc1. The number of hydrogen-bond donors (Lipinski definition) is 1. The maximum atomic E-state index is 13.1. The Kier molecular flexibility index (Phi) is 4.92. The summed E-state index contributed by atoms with van der Waals surface area (Å²) in [6.07, 6.45) is 0. The van der Waals surface area contributed by atoms with E-state index >= 15 is 0 Å². The van der Waals surface area contributed by atoms with Gasteiger partial charge in [0.15, 0.2) is 0 Å². The van der Waals surface area contributed by atoms with Gasteiger partial charge in [0.25, 0.3) is 0 Å². The molecule has 1 aliphatic rings. The molecule has 1 unspecified atom stereocenters. The highest BCUT2D eigenvalue weighted by Gasteiger charge is 2.37. The molecule has 0 heterocycles. The summed E-state index contributed by atoms with van der Waals surface area (Å²) in [5, 5.41) is 12.8. The number of thioether (sulfide) groups is 1. The molecule has 4 aromatic carbocycles. The summed E-state index contributed by atoms with van der Waals surface area (Å²) in [6, 6.07) is 30.4. The number of aliphatic hydroxyl groups is 1. The minimum Gasteiger partial charge on any atom is -0.507 e. The molecular formula is C27H18O3S. The first-order valence-electron chi connectivity index (χ1n) is 9.95. The monoisotopic (exact) mass is 422 g/mol. The van der Waals surface area contributed by atoms with Crippen LogP contribution in [-0.4, -0.2) is 16.7 Å². The molecule has 4 heteroatoms. The van der Waals surface area contributed by atoms with Gasteiger partial charge in [-0.2, -0.15) is 0 Å². The molecule has 150 valence electrons. The van der Waals surface area contributed by atoms with Crippen molar-refractivity contribution in [2.24, 2.45) is 0 Å². The Morgan fingerprint density at radius 1 is 0.645 bits per heavy atom. The number of aliphatic hydroxyl groups excluding tert-OH is 1. The molecule has 0 fully saturated rings. The lowest BCUT2D eigenvalue weighted by Gasteiger charge is -2.25. The lowest BCUT2D eigenvalue weighted by Crippen LogP contribution is -2.26. The molecule has 1 atom stereocenters. The van der Waals surface area contributed by atoms with Crippen molar-refractivity contribution in [3.05, 3.63) is 119 Å². The summed E-state index contributed by atoms with van der Waals surface area (Å²) < 4.78 is 0. The minimum absolute atomic E-state index is 0.123. The van der Waals surface area contributed by atoms with Crippen LogP contribution in [-0.2, 0) is 4.79 Å². The number of Topliss-reactive ketones (excluding diaryl/α,β-unsaturated/α-hetero) is 2. The summed E-state index contributed by atoms with van der Waals surface area (Å²) >= 11 is 1.46. The van der Waals surface area contributed by atoms with Gasteiger partial charge in [-0.3, -0.25) is 9.59 Å². The van der Waals surface area contributed by atoms with Crippen molar-refractivity contribution < 1.29 is 14.7 Å². The third-order valence-corrected chi connectivity index (χ3v) is 6.74. The van der Waals surface area contributed by atoms with E-state index in [1.165, 1.54) is 11.8 Å². The van der Waals surface area contributed by atoms with Crippen molar-refractivity contribution in [3.8, 4) is 0 Å². The van der Waals surface area contributed by atoms with Crippen molar-refractivity contribution in [3.63, 3.8) is 0 Å². The maximum Gasteiger partial charge on any atom is 0.234 e. The molecular weight excluding hydrogens is 404 g/mol. The predicted molar refractivity (Wildman–Crippen MR) is 124 cm³/mol. The summed E-state index contributed by atoms with van der Waals surface area (Å²) in [5.74, 6) is -1.36. The van der Waals surface area contributed by atoms with Crippen LogP contribution in [0, 0.1) is 0 Å². The fourth-order valence-electron chi connectivity index (χ4n) is 3.93. The molecule has 0 bridgehead atoms. The molecule has 0 saturated heterocycles. The van der Waals surface area contributed by atoms with Crippen molar-refractivity contribution in [1.29, 1.82) is 0 Å². The second-order valence-corrected chi connectivity index (χ2v) is 8.56. The van der Waals surface area contributed by atoms with E-state index in [-0.39, 0.29) is 16.9 Å². The van der Waals surface area contributed by atoms with Crippen molar-refractivity contribution in [2.45, 2.75) is 10.1 Å². The molecule has 1 N–H and O–H groups in total. The van der Waals surface area contributed by atoms with Crippen LogP contribution in [0.3, 0.4) is 0 Å². The first-order valence-corrected chi connectivity index (χ1v) is 10.8. The first-order chi connectivity index (χ1) is 15.1. The Morgan fingerprint density at radius 3 is 2.06 bits per heavy atom. The van der Waals surface area contributed by atoms with Crippen LogP contribution in [0.1, 0.15) is 26.7 Å². The van der Waals surface area contributed by atoms with Crippen molar-refractivity contribution >= 4 is 39.9 Å². The van der Waals surface area contributed by atoms with E-state index in [0.717, 1.165) is 21.2 Å². The zero-order chi connectivity index (χ0) is 21.4. The number of carbonyl (C=O) groups is 2. The van der Waals surface area contributed by atoms with Gasteiger partial charge in [0.1, 0.15) is 5.76 Å². The molecule has 0 aliphatic heterocycles. The van der Waals surface area contributed by atoms with Gasteiger partial charge in [0, 0.05) is 16.0 Å². The van der Waals surface area contributed by atoms with Crippen LogP contribution >= 0.6 is 11.8 Å². The Balaban J connectivity index is 1.66. The largest absolute Gasteiger partial charge is 0.507 e. The molecule has 31 heavy (non-hydrogen) atoms. The van der Waals surface area contributed by atoms with E-state index in [2.05, 4.69) is 6.07 Å². The molecule has 0 spiro atoms. The highest BCUT2D eigenvalue weighted by molar-refractivity contribution is 7.99. The molecule has 0 amide bonds. The van der Waals surface area contributed by atoms with Crippen molar-refractivity contribution in [1.82, 2.24) is 0 Å². The third kappa shape index (κ3) is 3.45. The molecule has 0 saturated carbocycles. The first kappa shape index (κ1) is 19.3. The highest BCUT2D eigenvalue weighted by atomic mass is 32.2. The smallest absolute Gasteiger partial charge is 0.234 e. The van der Waals surface area contributed by atoms with Crippen LogP contribution in [0.15, 0.2) is 108 Å². The van der Waals surface area contributed by atoms with Gasteiger partial charge >= 0.3 is 0 Å². The van der Waals surface area contributed by atoms with Gasteiger partial charge in [-0.1, -0.05) is 84.9 Å². The lowest BCUT2D eigenvalue weighted by molar-refractivity contribution is -0.112. The average molecular weight is 423 g/mol. The minimum atomic E-state index is -0.654. The Morgan fingerprint density at radius 2 is 1.29 bits per heavy atom. The molecule has 0 aromatic heterocycles. The van der Waals surface area contributed by atoms with Gasteiger partial charge in [0.2, 0.25) is 11.6 Å². The number of benzene rings is 4. The fourth-order valence-corrected chi connectivity index (χ4v) is 5.17. The van der Waals surface area contributed by atoms with Crippen LogP contribution in [0.25, 0.3) is 16.5 Å². The average Bonchev–Trinajstić information content (AvgIpc) is 2.82. The molecule has 5 rings (SSSR count). The van der Waals surface area contributed by atoms with Gasteiger partial charge < -0.3 is 5.11 Å². The van der Waals surface area contributed by atoms with Gasteiger partial charge in [-0.05, 0) is 28.5 Å². The van der Waals surface area contributed by atoms with Crippen LogP contribution in [0.5, 0.6) is 0 Å². The second kappa shape index (κ2) is 7.89. The second-order valence-electron chi connectivity index (χ2n) is 7.38. The van der Waals surface area contributed by atoms with Crippen LogP contribution in [0.4, 0.5) is 0 Å². The van der Waals surface area contributed by atoms with E-state index in [1.807, 2.05) is 66.7 Å². The zero-order valence-electron chi connectivity index (χ0n) is 16.5. The predicted octanol–water partition coefficient (Wildman–Crippen LogP) is 6.41. The zero-order valence-corrected chi connectivity index (χ0v) is 17.3. The van der Waals surface area contributed by atoms with Crippen molar-refractivity contribution in [2.75, 3.05) is 0 Å². The molecule has 1 aliphatic carbocycles. The van der Waals surface area contributed by atoms with Gasteiger partial charge in [0.05, 0.1) is 10.8 Å². The van der Waals surface area contributed by atoms with Crippen LogP contribution < -0.4 is 0 Å². The molecule has 3 nitrogen and oxygen atoms in total. The number of rotatable bonds is 4. The standard InChI is InChI=1S/C27H18O3S/c28-24-21-12-6-7-13-22(21)25(29)26(30)23(24)27(18-9-2-1-3-10-18)31-20-15-14-17-8-4-5-11-19(17)16-20/h1-16,27-28H. The van der Waals surface area contributed by atoms with E-state index in [4.69, 9.17) is 0 Å². The summed E-state index contributed by atoms with van der Waals surface area (Å²) in [6.45, 7) is 0. The van der Waals surface area contributed by atoms with Gasteiger partial charge in [-0.25, -0.2) is 0 Å².